The smallest absolute Gasteiger partial charge is 0.169 e. The number of ether oxygens (including phenoxy) is 1. The zero-order chi connectivity index (χ0) is 22.8. The van der Waals surface area contributed by atoms with Gasteiger partial charge in [0.2, 0.25) is 0 Å². The molecule has 5 rings (SSSR count). The minimum Gasteiger partial charge on any atom is -0.365 e. The van der Waals surface area contributed by atoms with E-state index in [1.54, 1.807) is 0 Å². The summed E-state index contributed by atoms with van der Waals surface area (Å²) in [6.45, 7) is 9.39. The lowest BCUT2D eigenvalue weighted by molar-refractivity contribution is -0.231. The molecule has 0 aliphatic heterocycles. The van der Waals surface area contributed by atoms with E-state index in [9.17, 15) is 9.90 Å². The molecule has 4 aliphatic rings. The third-order valence-corrected chi connectivity index (χ3v) is 10.9. The number of hydrogen-bond acceptors (Lipinski definition) is 3. The molecule has 174 valence electrons. The normalized spacial score (nSPS) is 45.4. The summed E-state index contributed by atoms with van der Waals surface area (Å²) in [5.41, 5.74) is 2.65. The second kappa shape index (κ2) is 7.53. The van der Waals surface area contributed by atoms with E-state index in [4.69, 9.17) is 4.74 Å². The fourth-order valence-corrected chi connectivity index (χ4v) is 8.38. The summed E-state index contributed by atoms with van der Waals surface area (Å²) in [7, 11) is 0. The highest BCUT2D eigenvalue weighted by Crippen LogP contribution is 2.70. The fourth-order valence-electron chi connectivity index (χ4n) is 8.38. The van der Waals surface area contributed by atoms with Crippen molar-refractivity contribution in [3.63, 3.8) is 0 Å². The van der Waals surface area contributed by atoms with Crippen molar-refractivity contribution < 1.29 is 14.6 Å². The lowest BCUT2D eigenvalue weighted by Gasteiger charge is -2.60. The molecule has 0 bridgehead atoms. The Balaban J connectivity index is 1.35. The van der Waals surface area contributed by atoms with Gasteiger partial charge in [0.1, 0.15) is 5.78 Å². The molecule has 3 saturated carbocycles. The Morgan fingerprint density at radius 2 is 1.75 bits per heavy atom. The lowest BCUT2D eigenvalue weighted by atomic mass is 9.45. The van der Waals surface area contributed by atoms with Crippen molar-refractivity contribution in [3.8, 4) is 0 Å². The number of allylic oxidation sites excluding steroid dienone is 1. The van der Waals surface area contributed by atoms with Gasteiger partial charge < -0.3 is 9.84 Å². The summed E-state index contributed by atoms with van der Waals surface area (Å²) in [6.07, 6.45) is 10.5. The molecule has 32 heavy (non-hydrogen) atoms. The molecule has 0 saturated heterocycles. The van der Waals surface area contributed by atoms with Crippen molar-refractivity contribution in [2.75, 3.05) is 0 Å². The molecule has 0 spiro atoms. The summed E-state index contributed by atoms with van der Waals surface area (Å²) in [4.78, 5) is 12.7. The summed E-state index contributed by atoms with van der Waals surface area (Å²) >= 11 is 0. The van der Waals surface area contributed by atoms with Crippen LogP contribution in [0.5, 0.6) is 0 Å². The van der Waals surface area contributed by atoms with Crippen LogP contribution in [0.4, 0.5) is 0 Å². The molecule has 0 radical (unpaired) electrons. The first-order valence-electron chi connectivity index (χ1n) is 12.7. The minimum absolute atomic E-state index is 0.135. The molecular weight excluding hydrogens is 396 g/mol. The molecule has 3 nitrogen and oxygen atoms in total. The average molecular weight is 437 g/mol. The van der Waals surface area contributed by atoms with E-state index >= 15 is 0 Å². The predicted octanol–water partition coefficient (Wildman–Crippen LogP) is 6.45. The van der Waals surface area contributed by atoms with Gasteiger partial charge in [0.25, 0.3) is 0 Å². The van der Waals surface area contributed by atoms with Crippen LogP contribution in [0.15, 0.2) is 42.0 Å². The molecule has 7 unspecified atom stereocenters. The first-order chi connectivity index (χ1) is 15.1. The maximum atomic E-state index is 12.7. The summed E-state index contributed by atoms with van der Waals surface area (Å²) in [6, 6.07) is 10.1. The first-order valence-corrected chi connectivity index (χ1v) is 12.7. The molecule has 3 fully saturated rings. The number of benzene rings is 1. The van der Waals surface area contributed by atoms with Crippen molar-refractivity contribution in [2.24, 2.45) is 34.0 Å². The quantitative estimate of drug-likeness (QED) is 0.436. The molecule has 4 aliphatic carbocycles. The summed E-state index contributed by atoms with van der Waals surface area (Å²) in [5, 5.41) is 11.3. The van der Waals surface area contributed by atoms with Gasteiger partial charge in [0.15, 0.2) is 5.79 Å². The zero-order valence-corrected chi connectivity index (χ0v) is 20.3. The molecule has 1 aromatic rings. The van der Waals surface area contributed by atoms with Gasteiger partial charge in [-0.05, 0) is 79.6 Å². The first kappa shape index (κ1) is 22.3. The van der Waals surface area contributed by atoms with E-state index in [2.05, 4.69) is 39.0 Å². The molecule has 0 heterocycles. The van der Waals surface area contributed by atoms with Gasteiger partial charge in [-0.2, -0.15) is 0 Å². The Kier molecular flexibility index (Phi) is 5.26. The number of carbonyl (C=O) groups excluding carboxylic acids is 1. The highest BCUT2D eigenvalue weighted by molar-refractivity contribution is 5.83. The van der Waals surface area contributed by atoms with E-state index in [1.165, 1.54) is 18.4 Å². The third kappa shape index (κ3) is 3.18. The molecule has 1 N–H and O–H groups in total. The zero-order valence-electron chi connectivity index (χ0n) is 20.3. The van der Waals surface area contributed by atoms with Crippen molar-refractivity contribution in [2.45, 2.75) is 91.5 Å². The van der Waals surface area contributed by atoms with Crippen LogP contribution in [0.3, 0.4) is 0 Å². The number of ketones is 1. The van der Waals surface area contributed by atoms with Crippen molar-refractivity contribution >= 4 is 5.78 Å². The minimum atomic E-state index is -1.06. The number of carbonyl (C=O) groups is 1. The van der Waals surface area contributed by atoms with E-state index in [0.717, 1.165) is 31.2 Å². The van der Waals surface area contributed by atoms with Crippen molar-refractivity contribution in [3.05, 3.63) is 47.5 Å². The Morgan fingerprint density at radius 3 is 2.47 bits per heavy atom. The van der Waals surface area contributed by atoms with Crippen LogP contribution in [0, 0.1) is 34.0 Å². The number of Topliss-reactive ketones (excluding diaryl/α,β-unsaturated/α-hetero) is 1. The van der Waals surface area contributed by atoms with Crippen molar-refractivity contribution in [1.29, 1.82) is 0 Å². The molecule has 7 atom stereocenters. The molecule has 3 heteroatoms. The Bertz CT molecular complexity index is 922. The Hall–Kier alpha value is -1.45. The molecule has 1 aromatic carbocycles. The van der Waals surface area contributed by atoms with Crippen LogP contribution in [0.2, 0.25) is 0 Å². The fraction of sp³-hybridized carbons (Fsp3) is 0.690. The largest absolute Gasteiger partial charge is 0.365 e. The third-order valence-electron chi connectivity index (χ3n) is 10.9. The highest BCUT2D eigenvalue weighted by Gasteiger charge is 2.64. The lowest BCUT2D eigenvalue weighted by Crippen LogP contribution is -2.54. The number of hydrogen-bond donors (Lipinski definition) is 1. The Morgan fingerprint density at radius 1 is 1.03 bits per heavy atom. The average Bonchev–Trinajstić information content (AvgIpc) is 3.06. The van der Waals surface area contributed by atoms with Crippen molar-refractivity contribution in [1.82, 2.24) is 0 Å². The highest BCUT2D eigenvalue weighted by atomic mass is 16.6. The molecule has 0 aromatic heterocycles. The number of rotatable bonds is 4. The van der Waals surface area contributed by atoms with Gasteiger partial charge >= 0.3 is 0 Å². The topological polar surface area (TPSA) is 46.5 Å². The van der Waals surface area contributed by atoms with Crippen LogP contribution >= 0.6 is 0 Å². The Labute approximate surface area is 193 Å². The SMILES string of the molecule is CC(=O)C1(C)CCC2C3CC=C4CC(O)(OCc5ccccc5)CCC4(C)C3CCC21C. The van der Waals surface area contributed by atoms with Gasteiger partial charge in [-0.15, -0.1) is 0 Å². The standard InChI is InChI=1S/C29H40O3/c1-20(30)27(3)14-13-25-23-11-10-22-18-29(31,32-19-21-8-6-5-7-9-21)17-16-26(22,2)24(23)12-15-28(25,27)4/h5-10,23-25,31H,11-19H2,1-4H3. The van der Waals surface area contributed by atoms with Crippen LogP contribution in [-0.4, -0.2) is 16.7 Å². The van der Waals surface area contributed by atoms with Crippen LogP contribution in [0.25, 0.3) is 0 Å². The van der Waals surface area contributed by atoms with Gasteiger partial charge in [0, 0.05) is 18.3 Å². The second-order valence-electron chi connectivity index (χ2n) is 12.0. The van der Waals surface area contributed by atoms with E-state index in [1.807, 2.05) is 25.1 Å². The van der Waals surface area contributed by atoms with Gasteiger partial charge in [-0.1, -0.05) is 62.8 Å². The van der Waals surface area contributed by atoms with E-state index in [-0.39, 0.29) is 16.2 Å². The van der Waals surface area contributed by atoms with Gasteiger partial charge in [-0.3, -0.25) is 4.79 Å². The summed E-state index contributed by atoms with van der Waals surface area (Å²) in [5.74, 6) is 1.30. The number of aliphatic hydroxyl groups is 1. The van der Waals surface area contributed by atoms with Crippen LogP contribution < -0.4 is 0 Å². The maximum Gasteiger partial charge on any atom is 0.169 e. The maximum absolute atomic E-state index is 12.7. The molecular formula is C29H40O3. The second-order valence-corrected chi connectivity index (χ2v) is 12.0. The van der Waals surface area contributed by atoms with Crippen LogP contribution in [-0.2, 0) is 16.1 Å². The van der Waals surface area contributed by atoms with E-state index in [0.29, 0.717) is 43.0 Å². The van der Waals surface area contributed by atoms with E-state index < -0.39 is 5.79 Å². The van der Waals surface area contributed by atoms with Gasteiger partial charge in [-0.25, -0.2) is 0 Å². The monoisotopic (exact) mass is 436 g/mol. The molecule has 0 amide bonds. The number of fused-ring (bicyclic) bond motifs is 5. The predicted molar refractivity (Wildman–Crippen MR) is 127 cm³/mol. The van der Waals surface area contributed by atoms with Gasteiger partial charge in [0.05, 0.1) is 6.61 Å². The van der Waals surface area contributed by atoms with Crippen LogP contribution in [0.1, 0.15) is 84.6 Å². The summed E-state index contributed by atoms with van der Waals surface area (Å²) < 4.78 is 6.10.